The second kappa shape index (κ2) is 7.54. The van der Waals surface area contributed by atoms with Crippen LogP contribution in [0.4, 0.5) is 24.7 Å². The normalized spacial score (nSPS) is 14.4. The van der Waals surface area contributed by atoms with Crippen LogP contribution in [0, 0.1) is 5.92 Å². The number of anilines is 2. The molecule has 0 bridgehead atoms. The molecule has 4 rings (SSSR count). The van der Waals surface area contributed by atoms with Gasteiger partial charge >= 0.3 is 6.18 Å². The van der Waals surface area contributed by atoms with Crippen LogP contribution in [0.2, 0.25) is 0 Å². The number of carbonyl (C=O) groups is 1. The summed E-state index contributed by atoms with van der Waals surface area (Å²) in [5.41, 5.74) is 1.37. The minimum absolute atomic E-state index is 0.224. The van der Waals surface area contributed by atoms with E-state index in [2.05, 4.69) is 15.3 Å². The van der Waals surface area contributed by atoms with Gasteiger partial charge in [-0.3, -0.25) is 4.79 Å². The summed E-state index contributed by atoms with van der Waals surface area (Å²) in [6.45, 7) is 0.968. The number of alkyl halides is 3. The van der Waals surface area contributed by atoms with Crippen molar-refractivity contribution in [2.45, 2.75) is 6.18 Å². The van der Waals surface area contributed by atoms with E-state index in [1.807, 2.05) is 41.3 Å². The lowest BCUT2D eigenvalue weighted by Crippen LogP contribution is -2.52. The molecule has 5 nitrogen and oxygen atoms in total. The molecule has 0 saturated carbocycles. The summed E-state index contributed by atoms with van der Waals surface area (Å²) in [7, 11) is 0. The highest BCUT2D eigenvalue weighted by Crippen LogP contribution is 2.30. The number of amides is 1. The number of benzene rings is 2. The molecule has 1 saturated heterocycles. The van der Waals surface area contributed by atoms with Gasteiger partial charge in [0.05, 0.1) is 17.2 Å². The Morgan fingerprint density at radius 2 is 1.69 bits per heavy atom. The zero-order chi connectivity index (χ0) is 20.4. The SMILES string of the molecule is O=C(Nc1ccc(C(F)(F)F)cc1)C1CN(c2cc(-c3ccccc3)ncn2)C1. The molecule has 29 heavy (non-hydrogen) atoms. The maximum absolute atomic E-state index is 12.6. The summed E-state index contributed by atoms with van der Waals surface area (Å²) in [5, 5.41) is 2.67. The molecule has 1 aromatic heterocycles. The van der Waals surface area contributed by atoms with Crippen LogP contribution in [0.15, 0.2) is 67.0 Å². The number of hydrogen-bond donors (Lipinski definition) is 1. The lowest BCUT2D eigenvalue weighted by molar-refractivity contribution is -0.137. The summed E-state index contributed by atoms with van der Waals surface area (Å²) in [5.74, 6) is 0.253. The largest absolute Gasteiger partial charge is 0.416 e. The number of hydrogen-bond acceptors (Lipinski definition) is 4. The second-order valence-electron chi connectivity index (χ2n) is 6.79. The van der Waals surface area contributed by atoms with Gasteiger partial charge in [0.25, 0.3) is 0 Å². The van der Waals surface area contributed by atoms with Crippen molar-refractivity contribution in [1.82, 2.24) is 9.97 Å². The van der Waals surface area contributed by atoms with Crippen LogP contribution in [0.5, 0.6) is 0 Å². The molecule has 2 aromatic carbocycles. The van der Waals surface area contributed by atoms with E-state index in [4.69, 9.17) is 0 Å². The lowest BCUT2D eigenvalue weighted by Gasteiger charge is -2.39. The van der Waals surface area contributed by atoms with Gasteiger partial charge in [-0.2, -0.15) is 13.2 Å². The fourth-order valence-electron chi connectivity index (χ4n) is 3.11. The molecular weight excluding hydrogens is 381 g/mol. The van der Waals surface area contributed by atoms with Crippen LogP contribution in [0.25, 0.3) is 11.3 Å². The zero-order valence-electron chi connectivity index (χ0n) is 15.2. The summed E-state index contributed by atoms with van der Waals surface area (Å²) in [6, 6.07) is 16.0. The number of carbonyl (C=O) groups excluding carboxylic acids is 1. The van der Waals surface area contributed by atoms with Crippen LogP contribution in [0.1, 0.15) is 5.56 Å². The van der Waals surface area contributed by atoms with Gasteiger partial charge in [0.1, 0.15) is 12.1 Å². The molecule has 8 heteroatoms. The Balaban J connectivity index is 1.36. The van der Waals surface area contributed by atoms with Crippen LogP contribution < -0.4 is 10.2 Å². The maximum Gasteiger partial charge on any atom is 0.416 e. The average Bonchev–Trinajstić information content (AvgIpc) is 2.67. The monoisotopic (exact) mass is 398 g/mol. The van der Waals surface area contributed by atoms with Crippen LogP contribution in [0.3, 0.4) is 0 Å². The Bertz CT molecular complexity index is 1000. The highest BCUT2D eigenvalue weighted by atomic mass is 19.4. The Labute approximate surface area is 165 Å². The van der Waals surface area contributed by atoms with E-state index in [1.165, 1.54) is 18.5 Å². The number of nitrogens with one attached hydrogen (secondary N) is 1. The van der Waals surface area contributed by atoms with Crippen molar-refractivity contribution in [3.63, 3.8) is 0 Å². The van der Waals surface area contributed by atoms with E-state index in [0.717, 1.165) is 29.2 Å². The molecule has 0 radical (unpaired) electrons. The standard InChI is InChI=1S/C21H17F3N4O/c22-21(23,24)16-6-8-17(9-7-16)27-20(29)15-11-28(12-15)19-10-18(25-13-26-19)14-4-2-1-3-5-14/h1-10,13,15H,11-12H2,(H,27,29). The van der Waals surface area contributed by atoms with Crippen LogP contribution >= 0.6 is 0 Å². The van der Waals surface area contributed by atoms with E-state index in [-0.39, 0.29) is 11.8 Å². The zero-order valence-corrected chi connectivity index (χ0v) is 15.2. The smallest absolute Gasteiger partial charge is 0.355 e. The van der Waals surface area contributed by atoms with Crippen molar-refractivity contribution in [3.8, 4) is 11.3 Å². The minimum Gasteiger partial charge on any atom is -0.355 e. The summed E-state index contributed by atoms with van der Waals surface area (Å²) < 4.78 is 37.8. The molecule has 1 aliphatic heterocycles. The predicted octanol–water partition coefficient (Wildman–Crippen LogP) is 4.24. The first-order valence-electron chi connectivity index (χ1n) is 9.01. The van der Waals surface area contributed by atoms with Gasteiger partial charge in [-0.25, -0.2) is 9.97 Å². The number of nitrogens with zero attached hydrogens (tertiary/aromatic N) is 3. The highest BCUT2D eigenvalue weighted by Gasteiger charge is 2.34. The Kier molecular flexibility index (Phi) is 4.92. The van der Waals surface area contributed by atoms with Gasteiger partial charge in [0, 0.05) is 30.4 Å². The summed E-state index contributed by atoms with van der Waals surface area (Å²) in [4.78, 5) is 22.9. The topological polar surface area (TPSA) is 58.1 Å². The van der Waals surface area contributed by atoms with Gasteiger partial charge in [0.2, 0.25) is 5.91 Å². The third kappa shape index (κ3) is 4.21. The number of aromatic nitrogens is 2. The molecule has 2 heterocycles. The number of rotatable bonds is 4. The quantitative estimate of drug-likeness (QED) is 0.714. The minimum atomic E-state index is -4.40. The van der Waals surface area contributed by atoms with Crippen molar-refractivity contribution in [3.05, 3.63) is 72.6 Å². The van der Waals surface area contributed by atoms with Gasteiger partial charge in [-0.1, -0.05) is 30.3 Å². The molecule has 148 valence electrons. The summed E-state index contributed by atoms with van der Waals surface area (Å²) in [6.07, 6.45) is -2.90. The number of halogens is 3. The Morgan fingerprint density at radius 1 is 1.00 bits per heavy atom. The molecule has 1 N–H and O–H groups in total. The molecule has 1 fully saturated rings. The Hall–Kier alpha value is -3.42. The van der Waals surface area contributed by atoms with Gasteiger partial charge in [-0.15, -0.1) is 0 Å². The van der Waals surface area contributed by atoms with Crippen molar-refractivity contribution >= 4 is 17.4 Å². The predicted molar refractivity (Wildman–Crippen MR) is 103 cm³/mol. The maximum atomic E-state index is 12.6. The second-order valence-corrected chi connectivity index (χ2v) is 6.79. The van der Waals surface area contributed by atoms with Crippen molar-refractivity contribution in [1.29, 1.82) is 0 Å². The first kappa shape index (κ1) is 18.9. The van der Waals surface area contributed by atoms with Crippen molar-refractivity contribution in [2.75, 3.05) is 23.3 Å². The summed E-state index contributed by atoms with van der Waals surface area (Å²) >= 11 is 0. The lowest BCUT2D eigenvalue weighted by atomic mass is 9.98. The molecular formula is C21H17F3N4O. The van der Waals surface area contributed by atoms with E-state index in [9.17, 15) is 18.0 Å². The molecule has 0 unspecified atom stereocenters. The molecule has 3 aromatic rings. The van der Waals surface area contributed by atoms with Gasteiger partial charge in [0.15, 0.2) is 0 Å². The molecule has 0 aliphatic carbocycles. The van der Waals surface area contributed by atoms with Gasteiger partial charge in [-0.05, 0) is 24.3 Å². The first-order valence-corrected chi connectivity index (χ1v) is 9.01. The molecule has 0 atom stereocenters. The third-order valence-electron chi connectivity index (χ3n) is 4.78. The fraction of sp³-hybridized carbons (Fsp3) is 0.190. The molecule has 1 amide bonds. The van der Waals surface area contributed by atoms with Crippen molar-refractivity contribution in [2.24, 2.45) is 5.92 Å². The first-order chi connectivity index (χ1) is 13.9. The van der Waals surface area contributed by atoms with Gasteiger partial charge < -0.3 is 10.2 Å². The van der Waals surface area contributed by atoms with E-state index >= 15 is 0 Å². The highest BCUT2D eigenvalue weighted by molar-refractivity contribution is 5.94. The van der Waals surface area contributed by atoms with Crippen LogP contribution in [-0.4, -0.2) is 29.0 Å². The third-order valence-corrected chi connectivity index (χ3v) is 4.78. The molecule has 1 aliphatic rings. The fourth-order valence-corrected chi connectivity index (χ4v) is 3.11. The van der Waals surface area contributed by atoms with E-state index < -0.39 is 11.7 Å². The van der Waals surface area contributed by atoms with E-state index in [1.54, 1.807) is 0 Å². The van der Waals surface area contributed by atoms with Crippen LogP contribution in [-0.2, 0) is 11.0 Å². The average molecular weight is 398 g/mol. The van der Waals surface area contributed by atoms with Crippen molar-refractivity contribution < 1.29 is 18.0 Å². The Morgan fingerprint density at radius 3 is 2.34 bits per heavy atom. The molecule has 0 spiro atoms. The van der Waals surface area contributed by atoms with E-state index in [0.29, 0.717) is 18.8 Å².